The molecule has 1 heterocycles. The van der Waals surface area contributed by atoms with Crippen LogP contribution in [0.4, 0.5) is 5.69 Å². The zero-order valence-electron chi connectivity index (χ0n) is 16.4. The SMILES string of the molecule is COC(=O)c1cc(OC)c(OC)cc1NC(=O)c1nnn(-c2ccccc2)c1C. The zero-order chi connectivity index (χ0) is 21.0. The van der Waals surface area contributed by atoms with Crippen molar-refractivity contribution in [3.05, 3.63) is 59.4 Å². The van der Waals surface area contributed by atoms with Crippen LogP contribution in [0.1, 0.15) is 26.5 Å². The third-order valence-corrected chi connectivity index (χ3v) is 4.29. The minimum atomic E-state index is -0.633. The first-order chi connectivity index (χ1) is 14.0. The number of para-hydroxylation sites is 1. The predicted molar refractivity (Wildman–Crippen MR) is 105 cm³/mol. The Balaban J connectivity index is 1.97. The fourth-order valence-corrected chi connectivity index (χ4v) is 2.80. The van der Waals surface area contributed by atoms with Gasteiger partial charge in [-0.15, -0.1) is 5.10 Å². The molecule has 0 radical (unpaired) electrons. The van der Waals surface area contributed by atoms with Gasteiger partial charge in [0.2, 0.25) is 0 Å². The van der Waals surface area contributed by atoms with Crippen LogP contribution in [-0.4, -0.2) is 48.2 Å². The van der Waals surface area contributed by atoms with E-state index in [9.17, 15) is 9.59 Å². The molecule has 3 rings (SSSR count). The molecule has 3 aromatic rings. The number of amides is 1. The van der Waals surface area contributed by atoms with Crippen molar-refractivity contribution in [2.24, 2.45) is 0 Å². The molecule has 0 spiro atoms. The number of hydrogen-bond acceptors (Lipinski definition) is 7. The molecule has 0 atom stereocenters. The highest BCUT2D eigenvalue weighted by atomic mass is 16.5. The van der Waals surface area contributed by atoms with Crippen LogP contribution in [0.3, 0.4) is 0 Å². The molecule has 1 amide bonds. The number of aromatic nitrogens is 3. The van der Waals surface area contributed by atoms with E-state index < -0.39 is 11.9 Å². The van der Waals surface area contributed by atoms with Crippen molar-refractivity contribution in [3.8, 4) is 17.2 Å². The highest BCUT2D eigenvalue weighted by Crippen LogP contribution is 2.34. The largest absolute Gasteiger partial charge is 0.493 e. The van der Waals surface area contributed by atoms with Crippen molar-refractivity contribution in [2.75, 3.05) is 26.6 Å². The maximum atomic E-state index is 12.8. The lowest BCUT2D eigenvalue weighted by Crippen LogP contribution is -2.17. The van der Waals surface area contributed by atoms with E-state index >= 15 is 0 Å². The minimum absolute atomic E-state index is 0.117. The smallest absolute Gasteiger partial charge is 0.340 e. The molecule has 1 N–H and O–H groups in total. The molecule has 0 bridgehead atoms. The second kappa shape index (κ2) is 8.42. The third kappa shape index (κ3) is 3.88. The van der Waals surface area contributed by atoms with Gasteiger partial charge in [-0.05, 0) is 19.1 Å². The van der Waals surface area contributed by atoms with Gasteiger partial charge in [-0.3, -0.25) is 4.79 Å². The van der Waals surface area contributed by atoms with Crippen LogP contribution < -0.4 is 14.8 Å². The first kappa shape index (κ1) is 19.9. The number of nitrogens with zero attached hydrogens (tertiary/aromatic N) is 3. The van der Waals surface area contributed by atoms with Gasteiger partial charge in [0.15, 0.2) is 17.2 Å². The number of esters is 1. The number of methoxy groups -OCH3 is 3. The zero-order valence-corrected chi connectivity index (χ0v) is 16.4. The highest BCUT2D eigenvalue weighted by molar-refractivity contribution is 6.08. The van der Waals surface area contributed by atoms with Crippen LogP contribution >= 0.6 is 0 Å². The maximum Gasteiger partial charge on any atom is 0.340 e. The molecule has 0 unspecified atom stereocenters. The average Bonchev–Trinajstić information content (AvgIpc) is 3.14. The normalized spacial score (nSPS) is 10.3. The molecule has 0 saturated carbocycles. The molecule has 0 saturated heterocycles. The Morgan fingerprint density at radius 3 is 2.28 bits per heavy atom. The number of hydrogen-bond donors (Lipinski definition) is 1. The topological polar surface area (TPSA) is 105 Å². The molecule has 0 aliphatic carbocycles. The summed E-state index contributed by atoms with van der Waals surface area (Å²) in [6, 6.07) is 12.2. The van der Waals surface area contributed by atoms with Crippen molar-refractivity contribution in [2.45, 2.75) is 6.92 Å². The van der Waals surface area contributed by atoms with E-state index in [-0.39, 0.29) is 16.9 Å². The lowest BCUT2D eigenvalue weighted by Gasteiger charge is -2.14. The highest BCUT2D eigenvalue weighted by Gasteiger charge is 2.22. The monoisotopic (exact) mass is 396 g/mol. The summed E-state index contributed by atoms with van der Waals surface area (Å²) >= 11 is 0. The van der Waals surface area contributed by atoms with E-state index in [0.29, 0.717) is 17.2 Å². The van der Waals surface area contributed by atoms with Crippen molar-refractivity contribution >= 4 is 17.6 Å². The standard InChI is InChI=1S/C20H20N4O5/c1-12-18(22-23-24(12)13-8-6-5-7-9-13)19(25)21-15-11-17(28-3)16(27-2)10-14(15)20(26)29-4/h5-11H,1-4H3,(H,21,25). The summed E-state index contributed by atoms with van der Waals surface area (Å²) in [7, 11) is 4.15. The Kier molecular flexibility index (Phi) is 5.77. The number of carbonyl (C=O) groups excluding carboxylic acids is 2. The van der Waals surface area contributed by atoms with Crippen molar-refractivity contribution in [3.63, 3.8) is 0 Å². The van der Waals surface area contributed by atoms with Gasteiger partial charge in [-0.2, -0.15) is 0 Å². The Hall–Kier alpha value is -3.88. The minimum Gasteiger partial charge on any atom is -0.493 e. The molecule has 0 aliphatic heterocycles. The van der Waals surface area contributed by atoms with Gasteiger partial charge in [0.1, 0.15) is 0 Å². The summed E-state index contributed by atoms with van der Waals surface area (Å²) in [5, 5.41) is 10.7. The number of benzene rings is 2. The van der Waals surface area contributed by atoms with Crippen molar-refractivity contribution < 1.29 is 23.8 Å². The molecule has 9 nitrogen and oxygen atoms in total. The Bertz CT molecular complexity index is 1050. The number of rotatable bonds is 6. The van der Waals surface area contributed by atoms with Gasteiger partial charge in [0, 0.05) is 12.1 Å². The van der Waals surface area contributed by atoms with Crippen LogP contribution in [0.2, 0.25) is 0 Å². The number of nitrogens with one attached hydrogen (secondary N) is 1. The summed E-state index contributed by atoms with van der Waals surface area (Å²) in [6.07, 6.45) is 0. The van der Waals surface area contributed by atoms with Crippen LogP contribution in [-0.2, 0) is 4.74 Å². The lowest BCUT2D eigenvalue weighted by atomic mass is 10.1. The Morgan fingerprint density at radius 2 is 1.66 bits per heavy atom. The van der Waals surface area contributed by atoms with Crippen LogP contribution in [0, 0.1) is 6.92 Å². The molecule has 0 aliphatic rings. The molecule has 29 heavy (non-hydrogen) atoms. The van der Waals surface area contributed by atoms with Crippen molar-refractivity contribution in [1.82, 2.24) is 15.0 Å². The van der Waals surface area contributed by atoms with E-state index in [1.165, 1.54) is 33.5 Å². The van der Waals surface area contributed by atoms with E-state index in [1.807, 2.05) is 30.3 Å². The van der Waals surface area contributed by atoms with E-state index in [2.05, 4.69) is 15.6 Å². The first-order valence-corrected chi connectivity index (χ1v) is 8.63. The summed E-state index contributed by atoms with van der Waals surface area (Å²) in [6.45, 7) is 1.73. The van der Waals surface area contributed by atoms with E-state index in [4.69, 9.17) is 14.2 Å². The predicted octanol–water partition coefficient (Wildman–Crippen LogP) is 2.63. The quantitative estimate of drug-likeness (QED) is 0.639. The third-order valence-electron chi connectivity index (χ3n) is 4.29. The summed E-state index contributed by atoms with van der Waals surface area (Å²) in [5.41, 5.74) is 1.77. The number of anilines is 1. The van der Waals surface area contributed by atoms with E-state index in [1.54, 1.807) is 11.6 Å². The Morgan fingerprint density at radius 1 is 1.00 bits per heavy atom. The van der Waals surface area contributed by atoms with Crippen LogP contribution in [0.5, 0.6) is 11.5 Å². The van der Waals surface area contributed by atoms with Gasteiger partial charge in [-0.1, -0.05) is 23.4 Å². The molecule has 1 aromatic heterocycles. The molecule has 2 aromatic carbocycles. The average molecular weight is 396 g/mol. The van der Waals surface area contributed by atoms with Gasteiger partial charge < -0.3 is 19.5 Å². The summed E-state index contributed by atoms with van der Waals surface area (Å²) in [5.74, 6) is -0.481. The van der Waals surface area contributed by atoms with Crippen LogP contribution in [0.25, 0.3) is 5.69 Å². The first-order valence-electron chi connectivity index (χ1n) is 8.63. The number of carbonyl (C=O) groups is 2. The Labute approximate surface area is 167 Å². The molecule has 0 fully saturated rings. The summed E-state index contributed by atoms with van der Waals surface area (Å²) in [4.78, 5) is 25.0. The van der Waals surface area contributed by atoms with E-state index in [0.717, 1.165) is 5.69 Å². The summed E-state index contributed by atoms with van der Waals surface area (Å²) < 4.78 is 16.8. The van der Waals surface area contributed by atoms with Gasteiger partial charge in [-0.25, -0.2) is 9.48 Å². The second-order valence-electron chi connectivity index (χ2n) is 5.97. The molecular formula is C20H20N4O5. The molecular weight excluding hydrogens is 376 g/mol. The fourth-order valence-electron chi connectivity index (χ4n) is 2.80. The molecule has 9 heteroatoms. The second-order valence-corrected chi connectivity index (χ2v) is 5.97. The van der Waals surface area contributed by atoms with Crippen LogP contribution in [0.15, 0.2) is 42.5 Å². The van der Waals surface area contributed by atoms with Gasteiger partial charge in [0.05, 0.1) is 44.0 Å². The number of ether oxygens (including phenoxy) is 3. The van der Waals surface area contributed by atoms with Gasteiger partial charge >= 0.3 is 5.97 Å². The fraction of sp³-hybridized carbons (Fsp3) is 0.200. The molecule has 150 valence electrons. The van der Waals surface area contributed by atoms with Gasteiger partial charge in [0.25, 0.3) is 5.91 Å². The van der Waals surface area contributed by atoms with Crippen molar-refractivity contribution in [1.29, 1.82) is 0 Å². The lowest BCUT2D eigenvalue weighted by molar-refractivity contribution is 0.0601. The maximum absolute atomic E-state index is 12.8.